The Morgan fingerprint density at radius 1 is 1.05 bits per heavy atom. The summed E-state index contributed by atoms with van der Waals surface area (Å²) in [5.41, 5.74) is 0.782. The number of benzene rings is 1. The molecule has 0 unspecified atom stereocenters. The molecule has 0 saturated carbocycles. The number of hydrogen-bond donors (Lipinski definition) is 0. The molecule has 1 fully saturated rings. The summed E-state index contributed by atoms with van der Waals surface area (Å²) in [6.07, 6.45) is 3.96. The number of halogens is 1. The first-order valence-electron chi connectivity index (χ1n) is 7.04. The average molecular weight is 290 g/mol. The Morgan fingerprint density at radius 3 is 2.33 bits per heavy atom. The van der Waals surface area contributed by atoms with Crippen LogP contribution in [0.4, 0.5) is 4.39 Å². The topological polar surface area (TPSA) is 40.6 Å². The number of nitrogens with zero attached hydrogens (tertiary/aromatic N) is 2. The molecule has 0 aromatic heterocycles. The van der Waals surface area contributed by atoms with Gasteiger partial charge in [-0.15, -0.1) is 0 Å². The van der Waals surface area contributed by atoms with Crippen molar-refractivity contribution in [2.75, 3.05) is 26.2 Å². The Hall–Kier alpha value is -2.17. The third-order valence-electron chi connectivity index (χ3n) is 3.54. The first-order chi connectivity index (χ1) is 10.1. The molecular formula is C16H19FN2O2. The number of carbonyl (C=O) groups is 2. The molecule has 1 aliphatic rings. The van der Waals surface area contributed by atoms with Gasteiger partial charge in [-0.05, 0) is 30.2 Å². The highest BCUT2D eigenvalue weighted by Crippen LogP contribution is 2.07. The van der Waals surface area contributed by atoms with Crippen LogP contribution in [0.25, 0.3) is 6.08 Å². The van der Waals surface area contributed by atoms with Crippen LogP contribution in [0.1, 0.15) is 18.9 Å². The first kappa shape index (κ1) is 15.2. The molecule has 1 aliphatic heterocycles. The summed E-state index contributed by atoms with van der Waals surface area (Å²) in [6.45, 7) is 4.01. The van der Waals surface area contributed by atoms with Crippen LogP contribution in [0, 0.1) is 5.82 Å². The maximum Gasteiger partial charge on any atom is 0.246 e. The van der Waals surface area contributed by atoms with Crippen LogP contribution in [0.3, 0.4) is 0 Å². The van der Waals surface area contributed by atoms with Gasteiger partial charge in [0.25, 0.3) is 0 Å². The molecule has 0 spiro atoms. The zero-order valence-electron chi connectivity index (χ0n) is 12.1. The summed E-state index contributed by atoms with van der Waals surface area (Å²) in [5.74, 6) is -0.328. The summed E-state index contributed by atoms with van der Waals surface area (Å²) in [5, 5.41) is 0. The van der Waals surface area contributed by atoms with Crippen molar-refractivity contribution in [1.82, 2.24) is 9.80 Å². The second kappa shape index (κ2) is 7.02. The summed E-state index contributed by atoms with van der Waals surface area (Å²) in [6, 6.07) is 5.97. The molecule has 4 nitrogen and oxygen atoms in total. The van der Waals surface area contributed by atoms with Gasteiger partial charge in [0.15, 0.2) is 0 Å². The number of amides is 2. The van der Waals surface area contributed by atoms with Crippen molar-refractivity contribution in [3.8, 4) is 0 Å². The van der Waals surface area contributed by atoms with Crippen molar-refractivity contribution in [1.29, 1.82) is 0 Å². The predicted octanol–water partition coefficient (Wildman–Crippen LogP) is 1.92. The quantitative estimate of drug-likeness (QED) is 0.781. The molecular weight excluding hydrogens is 271 g/mol. The van der Waals surface area contributed by atoms with Crippen LogP contribution >= 0.6 is 0 Å². The molecule has 0 aliphatic carbocycles. The van der Waals surface area contributed by atoms with Crippen LogP contribution in [0.2, 0.25) is 0 Å². The standard InChI is InChI=1S/C16H19FN2O2/c1-13(20)18-9-2-10-19(12-11-18)16(21)8-5-14-3-6-15(17)7-4-14/h3-8H,2,9-12H2,1H3/b8-5+. The minimum atomic E-state index is -0.296. The first-order valence-corrected chi connectivity index (χ1v) is 7.04. The van der Waals surface area contributed by atoms with E-state index in [0.717, 1.165) is 12.0 Å². The molecule has 0 radical (unpaired) electrons. The van der Waals surface area contributed by atoms with E-state index in [1.54, 1.807) is 34.9 Å². The molecule has 0 N–H and O–H groups in total. The van der Waals surface area contributed by atoms with E-state index in [-0.39, 0.29) is 17.6 Å². The Balaban J connectivity index is 1.93. The van der Waals surface area contributed by atoms with Gasteiger partial charge in [-0.25, -0.2) is 4.39 Å². The SMILES string of the molecule is CC(=O)N1CCCN(C(=O)/C=C/c2ccc(F)cc2)CC1. The lowest BCUT2D eigenvalue weighted by Gasteiger charge is -2.20. The molecule has 0 bridgehead atoms. The largest absolute Gasteiger partial charge is 0.341 e. The smallest absolute Gasteiger partial charge is 0.246 e. The molecule has 5 heteroatoms. The van der Waals surface area contributed by atoms with E-state index < -0.39 is 0 Å². The molecule has 2 amide bonds. The maximum atomic E-state index is 12.8. The molecule has 1 heterocycles. The summed E-state index contributed by atoms with van der Waals surface area (Å²) in [4.78, 5) is 27.0. The van der Waals surface area contributed by atoms with Crippen molar-refractivity contribution in [2.24, 2.45) is 0 Å². The highest BCUT2D eigenvalue weighted by Gasteiger charge is 2.18. The van der Waals surface area contributed by atoms with Crippen molar-refractivity contribution in [3.63, 3.8) is 0 Å². The molecule has 21 heavy (non-hydrogen) atoms. The highest BCUT2D eigenvalue weighted by molar-refractivity contribution is 5.91. The monoisotopic (exact) mass is 290 g/mol. The molecule has 2 rings (SSSR count). The van der Waals surface area contributed by atoms with Gasteiger partial charge in [-0.1, -0.05) is 12.1 Å². The summed E-state index contributed by atoms with van der Waals surface area (Å²) in [7, 11) is 0. The zero-order chi connectivity index (χ0) is 15.2. The molecule has 1 aromatic rings. The van der Waals surface area contributed by atoms with Crippen LogP contribution in [-0.4, -0.2) is 47.8 Å². The average Bonchev–Trinajstić information content (AvgIpc) is 2.72. The van der Waals surface area contributed by atoms with Crippen LogP contribution in [-0.2, 0) is 9.59 Å². The van der Waals surface area contributed by atoms with Crippen molar-refractivity contribution in [2.45, 2.75) is 13.3 Å². The molecule has 1 aromatic carbocycles. The minimum Gasteiger partial charge on any atom is -0.341 e. The fourth-order valence-corrected chi connectivity index (χ4v) is 2.30. The van der Waals surface area contributed by atoms with Gasteiger partial charge in [-0.2, -0.15) is 0 Å². The van der Waals surface area contributed by atoms with Crippen LogP contribution in [0.15, 0.2) is 30.3 Å². The fraction of sp³-hybridized carbons (Fsp3) is 0.375. The number of hydrogen-bond acceptors (Lipinski definition) is 2. The van der Waals surface area contributed by atoms with Gasteiger partial charge < -0.3 is 9.80 Å². The number of rotatable bonds is 2. The summed E-state index contributed by atoms with van der Waals surface area (Å²) >= 11 is 0. The lowest BCUT2D eigenvalue weighted by Crippen LogP contribution is -2.35. The summed E-state index contributed by atoms with van der Waals surface area (Å²) < 4.78 is 12.8. The van der Waals surface area contributed by atoms with Crippen molar-refractivity contribution < 1.29 is 14.0 Å². The highest BCUT2D eigenvalue weighted by atomic mass is 19.1. The van der Waals surface area contributed by atoms with Gasteiger partial charge in [0, 0.05) is 39.2 Å². The molecule has 112 valence electrons. The van der Waals surface area contributed by atoms with Gasteiger partial charge in [0.2, 0.25) is 11.8 Å². The fourth-order valence-electron chi connectivity index (χ4n) is 2.30. The van der Waals surface area contributed by atoms with E-state index in [4.69, 9.17) is 0 Å². The zero-order valence-corrected chi connectivity index (χ0v) is 12.1. The van der Waals surface area contributed by atoms with Crippen molar-refractivity contribution in [3.05, 3.63) is 41.7 Å². The Morgan fingerprint density at radius 2 is 1.67 bits per heavy atom. The van der Waals surface area contributed by atoms with Crippen LogP contribution in [0.5, 0.6) is 0 Å². The van der Waals surface area contributed by atoms with E-state index in [0.29, 0.717) is 26.2 Å². The Labute approximate surface area is 123 Å². The number of carbonyl (C=O) groups excluding carboxylic acids is 2. The van der Waals surface area contributed by atoms with Gasteiger partial charge in [0.05, 0.1) is 0 Å². The van der Waals surface area contributed by atoms with Gasteiger partial charge >= 0.3 is 0 Å². The predicted molar refractivity (Wildman–Crippen MR) is 78.9 cm³/mol. The second-order valence-electron chi connectivity index (χ2n) is 5.07. The van der Waals surface area contributed by atoms with E-state index in [2.05, 4.69) is 0 Å². The molecule has 1 saturated heterocycles. The van der Waals surface area contributed by atoms with E-state index >= 15 is 0 Å². The normalized spacial score (nSPS) is 16.1. The van der Waals surface area contributed by atoms with E-state index in [1.165, 1.54) is 18.2 Å². The third-order valence-corrected chi connectivity index (χ3v) is 3.54. The lowest BCUT2D eigenvalue weighted by molar-refractivity contribution is -0.130. The maximum absolute atomic E-state index is 12.8. The van der Waals surface area contributed by atoms with E-state index in [1.807, 2.05) is 0 Å². The van der Waals surface area contributed by atoms with Gasteiger partial charge in [-0.3, -0.25) is 9.59 Å². The van der Waals surface area contributed by atoms with E-state index in [9.17, 15) is 14.0 Å². The second-order valence-corrected chi connectivity index (χ2v) is 5.07. The minimum absolute atomic E-state index is 0.0474. The van der Waals surface area contributed by atoms with Crippen molar-refractivity contribution >= 4 is 17.9 Å². The Kier molecular flexibility index (Phi) is 5.09. The Bertz CT molecular complexity index is 540. The lowest BCUT2D eigenvalue weighted by atomic mass is 10.2. The third kappa shape index (κ3) is 4.41. The van der Waals surface area contributed by atoms with Crippen LogP contribution < -0.4 is 0 Å². The van der Waals surface area contributed by atoms with Gasteiger partial charge in [0.1, 0.15) is 5.82 Å². The molecule has 0 atom stereocenters.